The highest BCUT2D eigenvalue weighted by Crippen LogP contribution is 2.37. The summed E-state index contributed by atoms with van der Waals surface area (Å²) in [5.74, 6) is -0.182. The third kappa shape index (κ3) is 3.07. The molecule has 0 saturated heterocycles. The number of carbonyl (C=O) groups excluding carboxylic acids is 1. The summed E-state index contributed by atoms with van der Waals surface area (Å²) in [6.45, 7) is 0. The first-order valence-corrected chi connectivity index (χ1v) is 8.55. The number of aryl methyl sites for hydroxylation is 1. The van der Waals surface area contributed by atoms with E-state index in [4.69, 9.17) is 0 Å². The molecule has 0 fully saturated rings. The van der Waals surface area contributed by atoms with Gasteiger partial charge in [0.25, 0.3) is 0 Å². The van der Waals surface area contributed by atoms with Crippen LogP contribution in [0.4, 0.5) is 5.00 Å². The fourth-order valence-corrected chi connectivity index (χ4v) is 4.33. The second-order valence-electron chi connectivity index (χ2n) is 4.86. The van der Waals surface area contributed by atoms with Crippen LogP contribution in [-0.2, 0) is 17.6 Å². The topological polar surface area (TPSA) is 52.9 Å². The van der Waals surface area contributed by atoms with Gasteiger partial charge in [0.15, 0.2) is 0 Å². The van der Waals surface area contributed by atoms with Gasteiger partial charge in [-0.1, -0.05) is 6.07 Å². The number of rotatable bonds is 3. The van der Waals surface area contributed by atoms with Crippen molar-refractivity contribution >= 4 is 39.7 Å². The average Bonchev–Trinajstić information content (AvgIpc) is 3.12. The highest BCUT2D eigenvalue weighted by molar-refractivity contribution is 7.16. The van der Waals surface area contributed by atoms with Crippen molar-refractivity contribution in [2.75, 3.05) is 5.32 Å². The third-order valence-corrected chi connectivity index (χ3v) is 5.51. The Morgan fingerprint density at radius 1 is 1.38 bits per heavy atom. The molecule has 21 heavy (non-hydrogen) atoms. The number of amides is 1. The molecule has 1 N–H and O–H groups in total. The lowest BCUT2D eigenvalue weighted by atomic mass is 9.96. The first kappa shape index (κ1) is 14.1. The van der Waals surface area contributed by atoms with Gasteiger partial charge in [-0.15, -0.1) is 22.7 Å². The fourth-order valence-electron chi connectivity index (χ4n) is 2.47. The zero-order valence-electron chi connectivity index (χ0n) is 11.4. The largest absolute Gasteiger partial charge is 0.313 e. The number of hydrogen-bond acceptors (Lipinski definition) is 4. The summed E-state index contributed by atoms with van der Waals surface area (Å²) in [5, 5.41) is 14.9. The van der Waals surface area contributed by atoms with Crippen molar-refractivity contribution in [1.82, 2.24) is 0 Å². The summed E-state index contributed by atoms with van der Waals surface area (Å²) in [6.07, 6.45) is 7.59. The highest BCUT2D eigenvalue weighted by atomic mass is 32.1. The Labute approximate surface area is 131 Å². The maximum Gasteiger partial charge on any atom is 0.249 e. The molecule has 0 radical (unpaired) electrons. The Kier molecular flexibility index (Phi) is 4.18. The van der Waals surface area contributed by atoms with E-state index in [0.29, 0.717) is 10.6 Å². The SMILES string of the molecule is N#Cc1c(NC(=O)C=Cc2cccs2)sc2c1CCCC2. The van der Waals surface area contributed by atoms with Crippen LogP contribution >= 0.6 is 22.7 Å². The lowest BCUT2D eigenvalue weighted by Gasteiger charge is -2.09. The Hall–Kier alpha value is -1.90. The zero-order valence-corrected chi connectivity index (χ0v) is 13.0. The Morgan fingerprint density at radius 3 is 3.00 bits per heavy atom. The number of carbonyl (C=O) groups is 1. The number of thiophene rings is 2. The Balaban J connectivity index is 1.77. The number of nitrogens with one attached hydrogen (secondary N) is 1. The molecule has 0 aliphatic heterocycles. The highest BCUT2D eigenvalue weighted by Gasteiger charge is 2.21. The van der Waals surface area contributed by atoms with E-state index in [1.54, 1.807) is 28.7 Å². The molecule has 2 heterocycles. The monoisotopic (exact) mass is 314 g/mol. The minimum absolute atomic E-state index is 0.182. The predicted octanol–water partition coefficient (Wildman–Crippen LogP) is 4.21. The maximum atomic E-state index is 12.0. The van der Waals surface area contributed by atoms with Crippen molar-refractivity contribution in [2.24, 2.45) is 0 Å². The predicted molar refractivity (Wildman–Crippen MR) is 87.7 cm³/mol. The minimum atomic E-state index is -0.182. The average molecular weight is 314 g/mol. The van der Waals surface area contributed by atoms with Crippen LogP contribution < -0.4 is 5.32 Å². The van der Waals surface area contributed by atoms with Crippen molar-refractivity contribution in [1.29, 1.82) is 5.26 Å². The van der Waals surface area contributed by atoms with Crippen molar-refractivity contribution < 1.29 is 4.79 Å². The van der Waals surface area contributed by atoms with Crippen LogP contribution in [0.5, 0.6) is 0 Å². The van der Waals surface area contributed by atoms with E-state index in [1.807, 2.05) is 17.5 Å². The fraction of sp³-hybridized carbons (Fsp3) is 0.250. The van der Waals surface area contributed by atoms with E-state index in [2.05, 4.69) is 11.4 Å². The number of nitrogens with zero attached hydrogens (tertiary/aromatic N) is 1. The van der Waals surface area contributed by atoms with E-state index in [9.17, 15) is 10.1 Å². The molecule has 0 aromatic carbocycles. The molecule has 106 valence electrons. The summed E-state index contributed by atoms with van der Waals surface area (Å²) >= 11 is 3.14. The molecule has 1 aliphatic rings. The summed E-state index contributed by atoms with van der Waals surface area (Å²) in [7, 11) is 0. The molecule has 5 heteroatoms. The number of nitriles is 1. The first-order valence-electron chi connectivity index (χ1n) is 6.85. The van der Waals surface area contributed by atoms with Gasteiger partial charge in [-0.2, -0.15) is 5.26 Å². The van der Waals surface area contributed by atoms with Gasteiger partial charge in [0, 0.05) is 15.8 Å². The van der Waals surface area contributed by atoms with E-state index in [1.165, 1.54) is 17.4 Å². The van der Waals surface area contributed by atoms with E-state index in [-0.39, 0.29) is 5.91 Å². The maximum absolute atomic E-state index is 12.0. The molecule has 1 aliphatic carbocycles. The first-order chi connectivity index (χ1) is 10.3. The molecule has 1 amide bonds. The molecule has 2 aromatic heterocycles. The van der Waals surface area contributed by atoms with Crippen LogP contribution in [0.2, 0.25) is 0 Å². The summed E-state index contributed by atoms with van der Waals surface area (Å²) in [5.41, 5.74) is 1.80. The van der Waals surface area contributed by atoms with Crippen LogP contribution in [0.15, 0.2) is 23.6 Å². The summed E-state index contributed by atoms with van der Waals surface area (Å²) in [4.78, 5) is 14.3. The van der Waals surface area contributed by atoms with Crippen LogP contribution in [0.1, 0.15) is 33.7 Å². The molecule has 2 aromatic rings. The van der Waals surface area contributed by atoms with Gasteiger partial charge in [0.2, 0.25) is 5.91 Å². The Morgan fingerprint density at radius 2 is 2.24 bits per heavy atom. The molecule has 3 nitrogen and oxygen atoms in total. The number of anilines is 1. The van der Waals surface area contributed by atoms with Gasteiger partial charge in [0.05, 0.1) is 5.56 Å². The third-order valence-electron chi connectivity index (χ3n) is 3.46. The smallest absolute Gasteiger partial charge is 0.249 e. The van der Waals surface area contributed by atoms with Gasteiger partial charge >= 0.3 is 0 Å². The second-order valence-corrected chi connectivity index (χ2v) is 6.95. The van der Waals surface area contributed by atoms with Gasteiger partial charge < -0.3 is 5.32 Å². The lowest BCUT2D eigenvalue weighted by Crippen LogP contribution is -2.07. The summed E-state index contributed by atoms with van der Waals surface area (Å²) in [6, 6.07) is 6.16. The normalized spacial score (nSPS) is 13.9. The van der Waals surface area contributed by atoms with E-state index < -0.39 is 0 Å². The molecule has 3 rings (SSSR count). The molecular formula is C16H14N2OS2. The van der Waals surface area contributed by atoms with Crippen molar-refractivity contribution in [3.05, 3.63) is 44.5 Å². The van der Waals surface area contributed by atoms with Gasteiger partial charge in [0.1, 0.15) is 11.1 Å². The molecular weight excluding hydrogens is 300 g/mol. The molecule has 0 bridgehead atoms. The van der Waals surface area contributed by atoms with E-state index >= 15 is 0 Å². The van der Waals surface area contributed by atoms with E-state index in [0.717, 1.165) is 29.7 Å². The number of fused-ring (bicyclic) bond motifs is 1. The van der Waals surface area contributed by atoms with Crippen LogP contribution in [0, 0.1) is 11.3 Å². The minimum Gasteiger partial charge on any atom is -0.313 e. The van der Waals surface area contributed by atoms with Gasteiger partial charge in [-0.05, 0) is 48.8 Å². The molecule has 0 atom stereocenters. The lowest BCUT2D eigenvalue weighted by molar-refractivity contribution is -0.111. The standard InChI is InChI=1S/C16H14N2OS2/c17-10-13-12-5-1-2-6-14(12)21-16(13)18-15(19)8-7-11-4-3-9-20-11/h3-4,7-9H,1-2,5-6H2,(H,18,19). The van der Waals surface area contributed by atoms with Crippen LogP contribution in [0.3, 0.4) is 0 Å². The second kappa shape index (κ2) is 6.25. The van der Waals surface area contributed by atoms with Crippen LogP contribution in [0.25, 0.3) is 6.08 Å². The quantitative estimate of drug-likeness (QED) is 0.863. The Bertz CT molecular complexity index is 720. The number of hydrogen-bond donors (Lipinski definition) is 1. The zero-order chi connectivity index (χ0) is 14.7. The van der Waals surface area contributed by atoms with Gasteiger partial charge in [-0.3, -0.25) is 4.79 Å². The van der Waals surface area contributed by atoms with Crippen molar-refractivity contribution in [3.63, 3.8) is 0 Å². The van der Waals surface area contributed by atoms with Crippen molar-refractivity contribution in [3.8, 4) is 6.07 Å². The molecule has 0 spiro atoms. The summed E-state index contributed by atoms with van der Waals surface area (Å²) < 4.78 is 0. The molecule has 0 saturated carbocycles. The van der Waals surface area contributed by atoms with Crippen molar-refractivity contribution in [2.45, 2.75) is 25.7 Å². The molecule has 0 unspecified atom stereocenters. The van der Waals surface area contributed by atoms with Gasteiger partial charge in [-0.25, -0.2) is 0 Å². The van der Waals surface area contributed by atoms with Crippen LogP contribution in [-0.4, -0.2) is 5.91 Å².